The molecule has 82 valence electrons. The average Bonchev–Trinajstić information content (AvgIpc) is 2.33. The number of hydrogen-bond acceptors (Lipinski definition) is 1. The van der Waals surface area contributed by atoms with Crippen molar-refractivity contribution in [3.63, 3.8) is 0 Å². The van der Waals surface area contributed by atoms with Crippen molar-refractivity contribution in [1.82, 2.24) is 0 Å². The van der Waals surface area contributed by atoms with Gasteiger partial charge >= 0.3 is 0 Å². The molecule has 0 spiro atoms. The Kier molecular flexibility index (Phi) is 4.33. The second-order valence-corrected chi connectivity index (χ2v) is 5.66. The summed E-state index contributed by atoms with van der Waals surface area (Å²) in [6.45, 7) is 0. The van der Waals surface area contributed by atoms with E-state index in [9.17, 15) is 0 Å². The maximum Gasteiger partial charge on any atom is 0.0474 e. The lowest BCUT2D eigenvalue weighted by Gasteiger charge is -2.02. The molecule has 2 aromatic rings. The van der Waals surface area contributed by atoms with Crippen LogP contribution < -0.4 is 0 Å². The highest BCUT2D eigenvalue weighted by Crippen LogP contribution is 2.28. The van der Waals surface area contributed by atoms with Gasteiger partial charge in [-0.1, -0.05) is 39.8 Å². The molecule has 3 heteroatoms. The summed E-state index contributed by atoms with van der Waals surface area (Å²) >= 11 is 10.9. The first-order valence-corrected chi connectivity index (χ1v) is 7.00. The largest absolute Gasteiger partial charge is 0.122 e. The van der Waals surface area contributed by atoms with Gasteiger partial charge in [-0.3, -0.25) is 0 Å². The van der Waals surface area contributed by atoms with Gasteiger partial charge in [-0.15, -0.1) is 11.6 Å². The number of halogens is 2. The summed E-state index contributed by atoms with van der Waals surface area (Å²) in [6.07, 6.45) is 0. The molecule has 0 amide bonds. The van der Waals surface area contributed by atoms with Crippen LogP contribution in [0.5, 0.6) is 0 Å². The van der Waals surface area contributed by atoms with Crippen molar-refractivity contribution in [1.29, 1.82) is 0 Å². The lowest BCUT2D eigenvalue weighted by Crippen LogP contribution is -1.77. The SMILES string of the molecule is ClCc1ccc(Sc2ccc(Br)cc2)cc1. The Morgan fingerprint density at radius 1 is 0.875 bits per heavy atom. The Balaban J connectivity index is 2.11. The second-order valence-electron chi connectivity index (χ2n) is 3.33. The minimum atomic E-state index is 0.573. The molecule has 16 heavy (non-hydrogen) atoms. The zero-order chi connectivity index (χ0) is 11.4. The maximum atomic E-state index is 5.74. The van der Waals surface area contributed by atoms with Gasteiger partial charge in [0, 0.05) is 20.1 Å². The van der Waals surface area contributed by atoms with Crippen LogP contribution in [0.2, 0.25) is 0 Å². The zero-order valence-electron chi connectivity index (χ0n) is 8.49. The summed E-state index contributed by atoms with van der Waals surface area (Å²) in [6, 6.07) is 16.6. The molecule has 0 nitrogen and oxygen atoms in total. The van der Waals surface area contributed by atoms with Gasteiger partial charge in [0.15, 0.2) is 0 Å². The fraction of sp³-hybridized carbons (Fsp3) is 0.0769. The second kappa shape index (κ2) is 5.76. The van der Waals surface area contributed by atoms with Crippen molar-refractivity contribution in [3.8, 4) is 0 Å². The Morgan fingerprint density at radius 2 is 1.38 bits per heavy atom. The predicted molar refractivity (Wildman–Crippen MR) is 74.3 cm³/mol. The first-order valence-electron chi connectivity index (χ1n) is 4.86. The minimum absolute atomic E-state index is 0.573. The molecular formula is C13H10BrClS. The third-order valence-corrected chi connectivity index (χ3v) is 3.98. The first-order chi connectivity index (χ1) is 7.78. The van der Waals surface area contributed by atoms with Crippen LogP contribution in [0.3, 0.4) is 0 Å². The van der Waals surface area contributed by atoms with Crippen LogP contribution in [0.15, 0.2) is 62.8 Å². The van der Waals surface area contributed by atoms with Crippen LogP contribution in [0.1, 0.15) is 5.56 Å². The topological polar surface area (TPSA) is 0 Å². The molecule has 0 aromatic heterocycles. The molecule has 2 rings (SSSR count). The van der Waals surface area contributed by atoms with Crippen molar-refractivity contribution in [2.75, 3.05) is 0 Å². The average molecular weight is 314 g/mol. The van der Waals surface area contributed by atoms with E-state index in [4.69, 9.17) is 11.6 Å². The van der Waals surface area contributed by atoms with Gasteiger partial charge in [-0.05, 0) is 42.0 Å². The quantitative estimate of drug-likeness (QED) is 0.689. The Labute approximate surface area is 113 Å². The zero-order valence-corrected chi connectivity index (χ0v) is 11.6. The summed E-state index contributed by atoms with van der Waals surface area (Å²) in [5, 5.41) is 0. The molecule has 0 saturated heterocycles. The van der Waals surface area contributed by atoms with E-state index in [1.165, 1.54) is 9.79 Å². The van der Waals surface area contributed by atoms with Gasteiger partial charge in [-0.2, -0.15) is 0 Å². The van der Waals surface area contributed by atoms with E-state index in [1.54, 1.807) is 11.8 Å². The number of hydrogen-bond donors (Lipinski definition) is 0. The highest BCUT2D eigenvalue weighted by molar-refractivity contribution is 9.10. The molecule has 0 radical (unpaired) electrons. The number of rotatable bonds is 3. The summed E-state index contributed by atoms with van der Waals surface area (Å²) in [4.78, 5) is 2.47. The molecule has 0 N–H and O–H groups in total. The van der Waals surface area contributed by atoms with E-state index in [-0.39, 0.29) is 0 Å². The summed E-state index contributed by atoms with van der Waals surface area (Å²) in [7, 11) is 0. The Hall–Kier alpha value is -0.440. The van der Waals surface area contributed by atoms with E-state index in [2.05, 4.69) is 64.5 Å². The van der Waals surface area contributed by atoms with Crippen molar-refractivity contribution >= 4 is 39.3 Å². The minimum Gasteiger partial charge on any atom is -0.122 e. The van der Waals surface area contributed by atoms with E-state index in [1.807, 2.05) is 0 Å². The molecule has 0 atom stereocenters. The number of alkyl halides is 1. The molecule has 0 aliphatic heterocycles. The molecule has 0 aliphatic rings. The Morgan fingerprint density at radius 3 is 1.88 bits per heavy atom. The van der Waals surface area contributed by atoms with Gasteiger partial charge in [-0.25, -0.2) is 0 Å². The fourth-order valence-corrected chi connectivity index (χ4v) is 2.54. The van der Waals surface area contributed by atoms with Crippen LogP contribution >= 0.6 is 39.3 Å². The molecule has 0 fully saturated rings. The molecule has 0 saturated carbocycles. The van der Waals surface area contributed by atoms with Crippen LogP contribution in [-0.2, 0) is 5.88 Å². The van der Waals surface area contributed by atoms with Crippen LogP contribution in [-0.4, -0.2) is 0 Å². The van der Waals surface area contributed by atoms with E-state index < -0.39 is 0 Å². The molecule has 0 unspecified atom stereocenters. The van der Waals surface area contributed by atoms with Crippen molar-refractivity contribution < 1.29 is 0 Å². The van der Waals surface area contributed by atoms with Gasteiger partial charge in [0.1, 0.15) is 0 Å². The summed E-state index contributed by atoms with van der Waals surface area (Å²) in [5.74, 6) is 0.573. The van der Waals surface area contributed by atoms with Crippen molar-refractivity contribution in [2.24, 2.45) is 0 Å². The summed E-state index contributed by atoms with van der Waals surface area (Å²) in [5.41, 5.74) is 1.15. The van der Waals surface area contributed by atoms with E-state index in [0.717, 1.165) is 10.0 Å². The Bertz CT molecular complexity index is 450. The van der Waals surface area contributed by atoms with Crippen LogP contribution in [0, 0.1) is 0 Å². The van der Waals surface area contributed by atoms with Crippen molar-refractivity contribution in [3.05, 3.63) is 58.6 Å². The van der Waals surface area contributed by atoms with E-state index in [0.29, 0.717) is 5.88 Å². The highest BCUT2D eigenvalue weighted by Gasteiger charge is 1.97. The predicted octanol–water partition coefficient (Wildman–Crippen LogP) is 5.34. The third-order valence-electron chi connectivity index (χ3n) is 2.13. The first kappa shape index (κ1) is 12.0. The van der Waals surface area contributed by atoms with Gasteiger partial charge < -0.3 is 0 Å². The number of benzene rings is 2. The molecular weight excluding hydrogens is 304 g/mol. The molecule has 2 aromatic carbocycles. The smallest absolute Gasteiger partial charge is 0.0474 e. The summed E-state index contributed by atoms with van der Waals surface area (Å²) < 4.78 is 1.11. The third kappa shape index (κ3) is 3.27. The van der Waals surface area contributed by atoms with Gasteiger partial charge in [0.05, 0.1) is 0 Å². The molecule has 0 aliphatic carbocycles. The van der Waals surface area contributed by atoms with Crippen LogP contribution in [0.4, 0.5) is 0 Å². The fourth-order valence-electron chi connectivity index (χ4n) is 1.29. The van der Waals surface area contributed by atoms with Gasteiger partial charge in [0.25, 0.3) is 0 Å². The monoisotopic (exact) mass is 312 g/mol. The van der Waals surface area contributed by atoms with Crippen LogP contribution in [0.25, 0.3) is 0 Å². The normalized spacial score (nSPS) is 10.4. The maximum absolute atomic E-state index is 5.74. The van der Waals surface area contributed by atoms with E-state index >= 15 is 0 Å². The molecule has 0 heterocycles. The highest BCUT2D eigenvalue weighted by atomic mass is 79.9. The lowest BCUT2D eigenvalue weighted by atomic mass is 10.2. The standard InChI is InChI=1S/C13H10BrClS/c14-11-3-7-13(8-4-11)16-12-5-1-10(9-15)2-6-12/h1-8H,9H2. The van der Waals surface area contributed by atoms with Crippen molar-refractivity contribution in [2.45, 2.75) is 15.7 Å². The molecule has 0 bridgehead atoms. The van der Waals surface area contributed by atoms with Gasteiger partial charge in [0.2, 0.25) is 0 Å². The lowest BCUT2D eigenvalue weighted by molar-refractivity contribution is 1.33.